The van der Waals surface area contributed by atoms with Crippen molar-refractivity contribution in [2.24, 2.45) is 22.2 Å². The number of carbonyl (C=O) groups excluding carboxylic acids is 4. The van der Waals surface area contributed by atoms with E-state index in [2.05, 4.69) is 26.3 Å². The summed E-state index contributed by atoms with van der Waals surface area (Å²) in [6, 6.07) is 13.7. The summed E-state index contributed by atoms with van der Waals surface area (Å²) in [4.78, 5) is 53.9. The highest BCUT2D eigenvalue weighted by Gasteiger charge is 2.27. The zero-order chi connectivity index (χ0) is 29.3. The third-order valence-electron chi connectivity index (χ3n) is 5.73. The monoisotopic (exact) mass is 554 g/mol. The van der Waals surface area contributed by atoms with Crippen molar-refractivity contribution in [1.29, 1.82) is 0 Å². The molecule has 0 aliphatic heterocycles. The van der Waals surface area contributed by atoms with Crippen molar-refractivity contribution in [3.63, 3.8) is 0 Å². The highest BCUT2D eigenvalue weighted by molar-refractivity contribution is 5.92. The quantitative estimate of drug-likeness (QED) is 0.0667. The Labute approximate surface area is 233 Å². The summed E-state index contributed by atoms with van der Waals surface area (Å²) in [5.74, 6) is -1.97. The van der Waals surface area contributed by atoms with Gasteiger partial charge in [-0.3, -0.25) is 24.2 Å². The minimum Gasteiger partial charge on any atom is -0.508 e. The lowest BCUT2D eigenvalue weighted by atomic mass is 10.0. The molecule has 13 nitrogen and oxygen atoms in total. The number of primary amides is 1. The van der Waals surface area contributed by atoms with Crippen molar-refractivity contribution in [2.75, 3.05) is 19.6 Å². The van der Waals surface area contributed by atoms with Crippen molar-refractivity contribution >= 4 is 29.6 Å². The average Bonchev–Trinajstić information content (AvgIpc) is 2.91. The Morgan fingerprint density at radius 3 is 2.20 bits per heavy atom. The molecule has 13 heteroatoms. The summed E-state index contributed by atoms with van der Waals surface area (Å²) < 4.78 is 0. The zero-order valence-corrected chi connectivity index (χ0v) is 22.3. The Bertz CT molecular complexity index is 1140. The van der Waals surface area contributed by atoms with E-state index in [0.29, 0.717) is 13.0 Å². The number of phenols is 1. The largest absolute Gasteiger partial charge is 0.508 e. The van der Waals surface area contributed by atoms with Gasteiger partial charge in [0.15, 0.2) is 5.96 Å². The normalized spacial score (nSPS) is 12.0. The van der Waals surface area contributed by atoms with Gasteiger partial charge in [-0.1, -0.05) is 42.5 Å². The van der Waals surface area contributed by atoms with E-state index in [0.717, 1.165) is 11.1 Å². The summed E-state index contributed by atoms with van der Waals surface area (Å²) in [6.07, 6.45) is 0.759. The molecular formula is C27H38N8O5. The number of nitrogens with zero attached hydrogens (tertiary/aromatic N) is 1. The minimum absolute atomic E-state index is 0.0285. The van der Waals surface area contributed by atoms with Crippen LogP contribution in [-0.4, -0.2) is 66.4 Å². The second-order valence-corrected chi connectivity index (χ2v) is 9.10. The molecule has 40 heavy (non-hydrogen) atoms. The molecule has 0 fully saturated rings. The first-order valence-electron chi connectivity index (χ1n) is 12.9. The standard InChI is InChI=1S/C27H38N8O5/c28-23(37)12-14-32-25(39)22(15-18-5-2-1-3-6-18)35-26(40)21(7-4-13-33-27(29)30)34-24(38)17-31-16-19-8-10-20(36)11-9-19/h1-3,5-6,8-11,21-22,31,36H,4,7,12-17H2,(H2,28,37)(H,32,39)(H,34,38)(H,35,40)(H4,29,30,33)/t21-,22+/m1/s1. The fourth-order valence-corrected chi connectivity index (χ4v) is 3.72. The Balaban J connectivity index is 2.06. The van der Waals surface area contributed by atoms with E-state index >= 15 is 0 Å². The second-order valence-electron chi connectivity index (χ2n) is 9.10. The van der Waals surface area contributed by atoms with Gasteiger partial charge in [0.2, 0.25) is 23.6 Å². The molecule has 0 aliphatic carbocycles. The molecule has 0 radical (unpaired) electrons. The zero-order valence-electron chi connectivity index (χ0n) is 22.3. The van der Waals surface area contributed by atoms with Crippen molar-refractivity contribution < 1.29 is 24.3 Å². The molecule has 0 saturated heterocycles. The third kappa shape index (κ3) is 12.7. The van der Waals surface area contributed by atoms with Gasteiger partial charge >= 0.3 is 0 Å². The number of carbonyl (C=O) groups is 4. The van der Waals surface area contributed by atoms with Crippen LogP contribution in [-0.2, 0) is 32.1 Å². The number of aromatic hydroxyl groups is 1. The summed E-state index contributed by atoms with van der Waals surface area (Å²) in [6.45, 7) is 0.585. The lowest BCUT2D eigenvalue weighted by Gasteiger charge is -2.23. The van der Waals surface area contributed by atoms with E-state index in [4.69, 9.17) is 17.2 Å². The summed E-state index contributed by atoms with van der Waals surface area (Å²) in [5, 5.41) is 20.4. The lowest BCUT2D eigenvalue weighted by molar-refractivity contribution is -0.132. The van der Waals surface area contributed by atoms with Gasteiger partial charge in [0.1, 0.15) is 17.8 Å². The molecule has 216 valence electrons. The molecule has 0 unspecified atom stereocenters. The Kier molecular flexibility index (Phi) is 13.4. The van der Waals surface area contributed by atoms with E-state index in [1.54, 1.807) is 24.3 Å². The summed E-state index contributed by atoms with van der Waals surface area (Å²) in [5.41, 5.74) is 17.6. The molecule has 0 aliphatic rings. The second kappa shape index (κ2) is 17.0. The average molecular weight is 555 g/mol. The first kappa shape index (κ1) is 31.6. The van der Waals surface area contributed by atoms with E-state index in [1.165, 1.54) is 0 Å². The van der Waals surface area contributed by atoms with Crippen molar-refractivity contribution in [1.82, 2.24) is 21.3 Å². The van der Waals surface area contributed by atoms with Gasteiger partial charge in [0.25, 0.3) is 0 Å². The maximum Gasteiger partial charge on any atom is 0.243 e. The van der Waals surface area contributed by atoms with Crippen LogP contribution < -0.4 is 38.5 Å². The van der Waals surface area contributed by atoms with Crippen LogP contribution in [0.1, 0.15) is 30.4 Å². The fraction of sp³-hybridized carbons (Fsp3) is 0.370. The van der Waals surface area contributed by atoms with Crippen LogP contribution >= 0.6 is 0 Å². The summed E-state index contributed by atoms with van der Waals surface area (Å²) >= 11 is 0. The maximum atomic E-state index is 13.3. The first-order valence-corrected chi connectivity index (χ1v) is 12.9. The molecule has 4 amide bonds. The fourth-order valence-electron chi connectivity index (χ4n) is 3.72. The van der Waals surface area contributed by atoms with Gasteiger partial charge in [0.05, 0.1) is 6.54 Å². The van der Waals surface area contributed by atoms with Gasteiger partial charge in [0, 0.05) is 32.5 Å². The number of nitrogens with two attached hydrogens (primary N) is 3. The molecule has 0 aromatic heterocycles. The van der Waals surface area contributed by atoms with Crippen LogP contribution in [0.15, 0.2) is 59.6 Å². The molecule has 0 bridgehead atoms. The number of amides is 4. The molecule has 2 aromatic rings. The molecule has 2 rings (SSSR count). The van der Waals surface area contributed by atoms with Gasteiger partial charge in [-0.05, 0) is 36.1 Å². The van der Waals surface area contributed by atoms with Crippen LogP contribution in [0.25, 0.3) is 0 Å². The van der Waals surface area contributed by atoms with Crippen LogP contribution in [0.2, 0.25) is 0 Å². The number of hydrogen-bond donors (Lipinski definition) is 8. The van der Waals surface area contributed by atoms with Gasteiger partial charge in [-0.15, -0.1) is 0 Å². The molecule has 0 spiro atoms. The predicted molar refractivity (Wildman–Crippen MR) is 151 cm³/mol. The van der Waals surface area contributed by atoms with E-state index < -0.39 is 35.7 Å². The van der Waals surface area contributed by atoms with Crippen LogP contribution in [0, 0.1) is 0 Å². The Morgan fingerprint density at radius 1 is 0.850 bits per heavy atom. The molecule has 2 atom stereocenters. The van der Waals surface area contributed by atoms with Crippen molar-refractivity contribution in [3.05, 3.63) is 65.7 Å². The van der Waals surface area contributed by atoms with Crippen LogP contribution in [0.3, 0.4) is 0 Å². The van der Waals surface area contributed by atoms with Crippen LogP contribution in [0.5, 0.6) is 5.75 Å². The van der Waals surface area contributed by atoms with Gasteiger partial charge in [-0.2, -0.15) is 0 Å². The van der Waals surface area contributed by atoms with E-state index in [-0.39, 0.29) is 50.6 Å². The number of nitrogens with one attached hydrogen (secondary N) is 4. The van der Waals surface area contributed by atoms with Crippen molar-refractivity contribution in [2.45, 2.75) is 44.3 Å². The van der Waals surface area contributed by atoms with Gasteiger partial charge < -0.3 is 43.6 Å². The first-order chi connectivity index (χ1) is 19.1. The molecule has 0 saturated carbocycles. The SMILES string of the molecule is NC(=O)CCNC(=O)[C@H](Cc1ccccc1)NC(=O)[C@@H](CCCN=C(N)N)NC(=O)CNCc1ccc(O)cc1. The van der Waals surface area contributed by atoms with Gasteiger partial charge in [-0.25, -0.2) is 0 Å². The predicted octanol–water partition coefficient (Wildman–Crippen LogP) is -1.26. The number of rotatable bonds is 17. The number of guanidine groups is 1. The molecular weight excluding hydrogens is 516 g/mol. The maximum absolute atomic E-state index is 13.3. The minimum atomic E-state index is -0.965. The van der Waals surface area contributed by atoms with Crippen molar-refractivity contribution in [3.8, 4) is 5.75 Å². The lowest BCUT2D eigenvalue weighted by Crippen LogP contribution is -2.55. The topological polar surface area (TPSA) is 227 Å². The number of aliphatic imine (C=N–C) groups is 1. The molecule has 11 N–H and O–H groups in total. The molecule has 0 heterocycles. The molecule has 2 aromatic carbocycles. The third-order valence-corrected chi connectivity index (χ3v) is 5.73. The Morgan fingerprint density at radius 2 is 1.55 bits per heavy atom. The van der Waals surface area contributed by atoms with Crippen LogP contribution in [0.4, 0.5) is 0 Å². The van der Waals surface area contributed by atoms with E-state index in [9.17, 15) is 24.3 Å². The highest BCUT2D eigenvalue weighted by atomic mass is 16.3. The van der Waals surface area contributed by atoms with E-state index in [1.807, 2.05) is 30.3 Å². The summed E-state index contributed by atoms with van der Waals surface area (Å²) in [7, 11) is 0. The number of benzene rings is 2. The number of hydrogen-bond acceptors (Lipinski definition) is 7. The highest BCUT2D eigenvalue weighted by Crippen LogP contribution is 2.09. The Hall–Kier alpha value is -4.65. The smallest absolute Gasteiger partial charge is 0.243 e. The number of phenolic OH excluding ortho intramolecular Hbond substituents is 1.